The van der Waals surface area contributed by atoms with Gasteiger partial charge in [0.05, 0.1) is 0 Å². The summed E-state index contributed by atoms with van der Waals surface area (Å²) in [7, 11) is -1.51. The lowest BCUT2D eigenvalue weighted by Crippen LogP contribution is -2.28. The zero-order valence-electron chi connectivity index (χ0n) is 6.90. The predicted molar refractivity (Wildman–Crippen MR) is 46.2 cm³/mol. The molecule has 1 aliphatic carbocycles. The van der Waals surface area contributed by atoms with Crippen LogP contribution in [-0.2, 0) is 4.79 Å². The SMILES string of the molecule is CCC1C(=O)C=CC=C1B(O)O. The van der Waals surface area contributed by atoms with Crippen molar-refractivity contribution in [1.82, 2.24) is 0 Å². The minimum absolute atomic E-state index is 0.0527. The van der Waals surface area contributed by atoms with E-state index in [2.05, 4.69) is 0 Å². The smallest absolute Gasteiger partial charge is 0.423 e. The molecule has 1 aliphatic rings. The molecule has 1 unspecified atom stereocenters. The van der Waals surface area contributed by atoms with Gasteiger partial charge in [0.1, 0.15) is 0 Å². The standard InChI is InChI=1S/C8H11BO3/c1-2-6-7(9(11)12)4-3-5-8(6)10/h3-6,11-12H,2H2,1H3. The van der Waals surface area contributed by atoms with Crippen LogP contribution in [0.1, 0.15) is 13.3 Å². The molecule has 1 rings (SSSR count). The fraction of sp³-hybridized carbons (Fsp3) is 0.375. The number of ketones is 1. The number of hydrogen-bond acceptors (Lipinski definition) is 3. The zero-order valence-corrected chi connectivity index (χ0v) is 6.90. The normalized spacial score (nSPS) is 22.4. The van der Waals surface area contributed by atoms with Gasteiger partial charge in [0.2, 0.25) is 0 Å². The summed E-state index contributed by atoms with van der Waals surface area (Å²) in [5.74, 6) is -0.405. The Bertz CT molecular complexity index is 243. The molecular weight excluding hydrogens is 155 g/mol. The van der Waals surface area contributed by atoms with Crippen molar-refractivity contribution >= 4 is 12.9 Å². The van der Waals surface area contributed by atoms with E-state index in [1.165, 1.54) is 6.08 Å². The van der Waals surface area contributed by atoms with Crippen molar-refractivity contribution in [2.75, 3.05) is 0 Å². The van der Waals surface area contributed by atoms with Crippen LogP contribution in [0.4, 0.5) is 0 Å². The molecule has 0 aromatic rings. The van der Waals surface area contributed by atoms with Crippen molar-refractivity contribution in [2.24, 2.45) is 5.92 Å². The van der Waals surface area contributed by atoms with Crippen molar-refractivity contribution < 1.29 is 14.8 Å². The molecule has 64 valence electrons. The molecule has 0 bridgehead atoms. The molecule has 0 aromatic carbocycles. The van der Waals surface area contributed by atoms with Crippen LogP contribution in [0.25, 0.3) is 0 Å². The summed E-state index contributed by atoms with van der Waals surface area (Å²) in [5, 5.41) is 17.8. The third-order valence-corrected chi connectivity index (χ3v) is 2.00. The van der Waals surface area contributed by atoms with Crippen LogP contribution >= 0.6 is 0 Å². The van der Waals surface area contributed by atoms with E-state index in [0.29, 0.717) is 11.9 Å². The van der Waals surface area contributed by atoms with Crippen LogP contribution in [0.5, 0.6) is 0 Å². The Morgan fingerprint density at radius 1 is 1.58 bits per heavy atom. The summed E-state index contributed by atoms with van der Waals surface area (Å²) in [5.41, 5.74) is 0.394. The maximum atomic E-state index is 11.2. The Morgan fingerprint density at radius 3 is 2.67 bits per heavy atom. The van der Waals surface area contributed by atoms with Gasteiger partial charge in [-0.15, -0.1) is 0 Å². The molecule has 0 radical (unpaired) electrons. The minimum Gasteiger partial charge on any atom is -0.423 e. The van der Waals surface area contributed by atoms with Crippen LogP contribution in [0, 0.1) is 5.92 Å². The number of hydrogen-bond donors (Lipinski definition) is 2. The molecule has 4 heteroatoms. The molecule has 12 heavy (non-hydrogen) atoms. The van der Waals surface area contributed by atoms with Crippen LogP contribution in [0.2, 0.25) is 0 Å². The second kappa shape index (κ2) is 3.69. The molecule has 0 saturated carbocycles. The summed E-state index contributed by atoms with van der Waals surface area (Å²) >= 11 is 0. The highest BCUT2D eigenvalue weighted by Gasteiger charge is 2.28. The molecule has 0 heterocycles. The van der Waals surface area contributed by atoms with E-state index in [1.54, 1.807) is 12.2 Å². The first-order valence-electron chi connectivity index (χ1n) is 3.95. The highest BCUT2D eigenvalue weighted by molar-refractivity contribution is 6.52. The average molecular weight is 166 g/mol. The van der Waals surface area contributed by atoms with E-state index in [0.717, 1.165) is 0 Å². The summed E-state index contributed by atoms with van der Waals surface area (Å²) in [6, 6.07) is 0. The number of carbonyl (C=O) groups is 1. The maximum Gasteiger partial charge on any atom is 0.484 e. The van der Waals surface area contributed by atoms with Gasteiger partial charge in [-0.25, -0.2) is 0 Å². The van der Waals surface area contributed by atoms with Crippen LogP contribution < -0.4 is 0 Å². The zero-order chi connectivity index (χ0) is 9.14. The van der Waals surface area contributed by atoms with Gasteiger partial charge in [0.25, 0.3) is 0 Å². The van der Waals surface area contributed by atoms with E-state index >= 15 is 0 Å². The predicted octanol–water partition coefficient (Wildman–Crippen LogP) is 0.0899. The lowest BCUT2D eigenvalue weighted by Gasteiger charge is -2.17. The summed E-state index contributed by atoms with van der Waals surface area (Å²) in [4.78, 5) is 11.2. The third-order valence-electron chi connectivity index (χ3n) is 2.00. The fourth-order valence-electron chi connectivity index (χ4n) is 1.35. The van der Waals surface area contributed by atoms with E-state index in [1.807, 2.05) is 6.92 Å². The molecule has 0 fully saturated rings. The highest BCUT2D eigenvalue weighted by Crippen LogP contribution is 2.21. The van der Waals surface area contributed by atoms with Gasteiger partial charge in [-0.1, -0.05) is 19.1 Å². The summed E-state index contributed by atoms with van der Waals surface area (Å²) in [6.45, 7) is 1.85. The van der Waals surface area contributed by atoms with Crippen molar-refractivity contribution in [3.8, 4) is 0 Å². The van der Waals surface area contributed by atoms with E-state index < -0.39 is 7.12 Å². The molecule has 0 spiro atoms. The summed E-state index contributed by atoms with van der Waals surface area (Å²) < 4.78 is 0. The lowest BCUT2D eigenvalue weighted by atomic mass is 9.68. The number of carbonyl (C=O) groups excluding carboxylic acids is 1. The number of rotatable bonds is 2. The lowest BCUT2D eigenvalue weighted by molar-refractivity contribution is -0.117. The Morgan fingerprint density at radius 2 is 2.25 bits per heavy atom. The van der Waals surface area contributed by atoms with Gasteiger partial charge in [-0.3, -0.25) is 4.79 Å². The van der Waals surface area contributed by atoms with E-state index in [9.17, 15) is 4.79 Å². The van der Waals surface area contributed by atoms with Gasteiger partial charge in [0, 0.05) is 5.92 Å². The van der Waals surface area contributed by atoms with E-state index in [-0.39, 0.29) is 11.7 Å². The third kappa shape index (κ3) is 1.65. The van der Waals surface area contributed by atoms with Crippen LogP contribution in [0.15, 0.2) is 23.7 Å². The first-order valence-corrected chi connectivity index (χ1v) is 3.95. The van der Waals surface area contributed by atoms with Gasteiger partial charge in [-0.2, -0.15) is 0 Å². The van der Waals surface area contributed by atoms with Crippen molar-refractivity contribution in [2.45, 2.75) is 13.3 Å². The summed E-state index contributed by atoms with van der Waals surface area (Å²) in [6.07, 6.45) is 5.19. The van der Waals surface area contributed by atoms with Crippen LogP contribution in [0.3, 0.4) is 0 Å². The quantitative estimate of drug-likeness (QED) is 0.571. The molecule has 0 saturated heterocycles. The molecule has 0 aliphatic heterocycles. The monoisotopic (exact) mass is 166 g/mol. The number of allylic oxidation sites excluding steroid dienone is 4. The van der Waals surface area contributed by atoms with Crippen molar-refractivity contribution in [1.29, 1.82) is 0 Å². The van der Waals surface area contributed by atoms with Gasteiger partial charge in [-0.05, 0) is 18.0 Å². The Balaban J connectivity index is 2.88. The molecule has 0 amide bonds. The highest BCUT2D eigenvalue weighted by atomic mass is 16.4. The van der Waals surface area contributed by atoms with E-state index in [4.69, 9.17) is 10.0 Å². The molecule has 1 atom stereocenters. The average Bonchev–Trinajstić information content (AvgIpc) is 2.03. The minimum atomic E-state index is -1.51. The molecule has 0 aromatic heterocycles. The Labute approximate surface area is 71.6 Å². The maximum absolute atomic E-state index is 11.2. The van der Waals surface area contributed by atoms with Gasteiger partial charge < -0.3 is 10.0 Å². The van der Waals surface area contributed by atoms with Crippen molar-refractivity contribution in [3.63, 3.8) is 0 Å². The second-order valence-electron chi connectivity index (χ2n) is 2.76. The van der Waals surface area contributed by atoms with Gasteiger partial charge >= 0.3 is 7.12 Å². The second-order valence-corrected chi connectivity index (χ2v) is 2.76. The topological polar surface area (TPSA) is 57.5 Å². The first-order chi connectivity index (χ1) is 5.66. The first kappa shape index (κ1) is 9.22. The fourth-order valence-corrected chi connectivity index (χ4v) is 1.35. The Hall–Kier alpha value is -0.865. The molecule has 3 nitrogen and oxygen atoms in total. The Kier molecular flexibility index (Phi) is 2.84. The largest absolute Gasteiger partial charge is 0.484 e. The molecule has 2 N–H and O–H groups in total. The van der Waals surface area contributed by atoms with Gasteiger partial charge in [0.15, 0.2) is 5.78 Å². The van der Waals surface area contributed by atoms with Crippen molar-refractivity contribution in [3.05, 3.63) is 23.7 Å². The molecular formula is C8H11BO3. The van der Waals surface area contributed by atoms with Crippen LogP contribution in [-0.4, -0.2) is 22.9 Å².